The van der Waals surface area contributed by atoms with Gasteiger partial charge in [0.25, 0.3) is 0 Å². The summed E-state index contributed by atoms with van der Waals surface area (Å²) in [6, 6.07) is 0. The summed E-state index contributed by atoms with van der Waals surface area (Å²) in [6.07, 6.45) is 2.16. The first-order valence-electron chi connectivity index (χ1n) is 7.21. The van der Waals surface area contributed by atoms with Crippen LogP contribution in [0.15, 0.2) is 0 Å². The van der Waals surface area contributed by atoms with Crippen molar-refractivity contribution in [3.8, 4) is 0 Å². The lowest BCUT2D eigenvalue weighted by molar-refractivity contribution is -0.187. The fourth-order valence-corrected chi connectivity index (χ4v) is 2.59. The molecule has 19 heavy (non-hydrogen) atoms. The number of likely N-dealkylation sites (tertiary alicyclic amines) is 1. The van der Waals surface area contributed by atoms with Crippen molar-refractivity contribution in [1.82, 2.24) is 10.2 Å². The SMILES string of the molecule is CC(C)(C)NCCC(=O)N1CCC2(CC1)OCCO2. The minimum Gasteiger partial charge on any atom is -0.347 e. The summed E-state index contributed by atoms with van der Waals surface area (Å²) >= 11 is 0. The monoisotopic (exact) mass is 270 g/mol. The number of nitrogens with one attached hydrogen (secondary N) is 1. The first-order chi connectivity index (χ1) is 8.90. The largest absolute Gasteiger partial charge is 0.347 e. The van der Waals surface area contributed by atoms with Crippen molar-refractivity contribution in [2.24, 2.45) is 0 Å². The number of hydrogen-bond donors (Lipinski definition) is 1. The fourth-order valence-electron chi connectivity index (χ4n) is 2.59. The van der Waals surface area contributed by atoms with Crippen LogP contribution in [0.4, 0.5) is 0 Å². The summed E-state index contributed by atoms with van der Waals surface area (Å²) < 4.78 is 11.3. The Bertz CT molecular complexity index is 309. The molecule has 2 saturated heterocycles. The van der Waals surface area contributed by atoms with E-state index in [2.05, 4.69) is 26.1 Å². The molecule has 0 aromatic heterocycles. The van der Waals surface area contributed by atoms with E-state index >= 15 is 0 Å². The maximum Gasteiger partial charge on any atom is 0.223 e. The second-order valence-corrected chi connectivity index (χ2v) is 6.42. The number of nitrogens with zero attached hydrogens (tertiary/aromatic N) is 1. The van der Waals surface area contributed by atoms with Crippen molar-refractivity contribution in [2.75, 3.05) is 32.8 Å². The number of piperidine rings is 1. The highest BCUT2D eigenvalue weighted by Gasteiger charge is 2.40. The lowest BCUT2D eigenvalue weighted by Crippen LogP contribution is -2.48. The number of carbonyl (C=O) groups is 1. The van der Waals surface area contributed by atoms with Crippen molar-refractivity contribution in [3.05, 3.63) is 0 Å². The smallest absolute Gasteiger partial charge is 0.223 e. The van der Waals surface area contributed by atoms with Gasteiger partial charge in [0.2, 0.25) is 5.91 Å². The molecule has 5 heteroatoms. The molecule has 2 aliphatic rings. The summed E-state index contributed by atoms with van der Waals surface area (Å²) in [5, 5.41) is 3.34. The third-order valence-corrected chi connectivity index (χ3v) is 3.69. The third-order valence-electron chi connectivity index (χ3n) is 3.69. The van der Waals surface area contributed by atoms with Crippen LogP contribution in [-0.4, -0.2) is 55.0 Å². The standard InChI is InChI=1S/C14H26N2O3/c1-13(2,3)15-7-4-12(17)16-8-5-14(6-9-16)18-10-11-19-14/h15H,4-11H2,1-3H3. The first-order valence-corrected chi connectivity index (χ1v) is 7.21. The van der Waals surface area contributed by atoms with Crippen LogP contribution < -0.4 is 5.32 Å². The average Bonchev–Trinajstić information content (AvgIpc) is 2.77. The quantitative estimate of drug-likeness (QED) is 0.835. The Morgan fingerprint density at radius 3 is 2.32 bits per heavy atom. The van der Waals surface area contributed by atoms with Gasteiger partial charge in [0.1, 0.15) is 0 Å². The minimum atomic E-state index is -0.388. The number of carbonyl (C=O) groups excluding carboxylic acids is 1. The molecule has 0 aromatic rings. The Hall–Kier alpha value is -0.650. The zero-order chi connectivity index (χ0) is 13.9. The molecule has 2 heterocycles. The second kappa shape index (κ2) is 5.77. The number of hydrogen-bond acceptors (Lipinski definition) is 4. The van der Waals surface area contributed by atoms with Crippen molar-refractivity contribution in [3.63, 3.8) is 0 Å². The van der Waals surface area contributed by atoms with E-state index in [0.29, 0.717) is 19.6 Å². The van der Waals surface area contributed by atoms with Crippen LogP contribution in [0.3, 0.4) is 0 Å². The van der Waals surface area contributed by atoms with Gasteiger partial charge in [0, 0.05) is 44.4 Å². The molecule has 5 nitrogen and oxygen atoms in total. The molecule has 0 radical (unpaired) electrons. The fraction of sp³-hybridized carbons (Fsp3) is 0.929. The summed E-state index contributed by atoms with van der Waals surface area (Å²) in [7, 11) is 0. The van der Waals surface area contributed by atoms with Crippen LogP contribution in [0, 0.1) is 0 Å². The molecular formula is C14H26N2O3. The average molecular weight is 270 g/mol. The van der Waals surface area contributed by atoms with Crippen molar-refractivity contribution >= 4 is 5.91 Å². The summed E-state index contributed by atoms with van der Waals surface area (Å²) in [5.41, 5.74) is 0.0672. The van der Waals surface area contributed by atoms with Crippen LogP contribution in [0.1, 0.15) is 40.0 Å². The number of amides is 1. The van der Waals surface area contributed by atoms with Gasteiger partial charge in [0.15, 0.2) is 5.79 Å². The molecule has 110 valence electrons. The molecule has 0 aromatic carbocycles. The highest BCUT2D eigenvalue weighted by Crippen LogP contribution is 2.31. The Kier molecular flexibility index (Phi) is 4.48. The molecule has 0 unspecified atom stereocenters. The van der Waals surface area contributed by atoms with Gasteiger partial charge < -0.3 is 19.7 Å². The first kappa shape index (κ1) is 14.8. The molecular weight excluding hydrogens is 244 g/mol. The zero-order valence-corrected chi connectivity index (χ0v) is 12.3. The summed E-state index contributed by atoms with van der Waals surface area (Å²) in [4.78, 5) is 14.0. The van der Waals surface area contributed by atoms with E-state index in [1.165, 1.54) is 0 Å². The summed E-state index contributed by atoms with van der Waals surface area (Å²) in [5.74, 6) is -0.162. The molecule has 2 fully saturated rings. The Balaban J connectivity index is 1.70. The van der Waals surface area contributed by atoms with Crippen LogP contribution in [0.5, 0.6) is 0 Å². The Morgan fingerprint density at radius 2 is 1.79 bits per heavy atom. The van der Waals surface area contributed by atoms with Crippen LogP contribution in [-0.2, 0) is 14.3 Å². The van der Waals surface area contributed by atoms with Crippen molar-refractivity contribution in [1.29, 1.82) is 0 Å². The molecule has 1 N–H and O–H groups in total. The molecule has 0 aliphatic carbocycles. The van der Waals surface area contributed by atoms with Gasteiger partial charge in [-0.15, -0.1) is 0 Å². The Morgan fingerprint density at radius 1 is 1.21 bits per heavy atom. The maximum absolute atomic E-state index is 12.1. The topological polar surface area (TPSA) is 50.8 Å². The lowest BCUT2D eigenvalue weighted by atomic mass is 10.0. The van der Waals surface area contributed by atoms with Gasteiger partial charge in [-0.2, -0.15) is 0 Å². The van der Waals surface area contributed by atoms with E-state index in [1.807, 2.05) is 4.90 Å². The van der Waals surface area contributed by atoms with E-state index in [1.54, 1.807) is 0 Å². The van der Waals surface area contributed by atoms with E-state index in [9.17, 15) is 4.79 Å². The minimum absolute atomic E-state index is 0.0672. The van der Waals surface area contributed by atoms with Gasteiger partial charge >= 0.3 is 0 Å². The third kappa shape index (κ3) is 4.16. The van der Waals surface area contributed by atoms with E-state index in [4.69, 9.17) is 9.47 Å². The van der Waals surface area contributed by atoms with E-state index in [-0.39, 0.29) is 17.2 Å². The van der Waals surface area contributed by atoms with Gasteiger partial charge in [-0.1, -0.05) is 0 Å². The highest BCUT2D eigenvalue weighted by molar-refractivity contribution is 5.76. The molecule has 2 rings (SSSR count). The molecule has 0 saturated carbocycles. The van der Waals surface area contributed by atoms with Gasteiger partial charge in [-0.05, 0) is 20.8 Å². The van der Waals surface area contributed by atoms with Crippen molar-refractivity contribution < 1.29 is 14.3 Å². The van der Waals surface area contributed by atoms with Crippen LogP contribution >= 0.6 is 0 Å². The van der Waals surface area contributed by atoms with Gasteiger partial charge in [-0.25, -0.2) is 0 Å². The van der Waals surface area contributed by atoms with Crippen molar-refractivity contribution in [2.45, 2.75) is 51.4 Å². The molecule has 0 atom stereocenters. The van der Waals surface area contributed by atoms with Crippen LogP contribution in [0.2, 0.25) is 0 Å². The predicted molar refractivity (Wildman–Crippen MR) is 72.8 cm³/mol. The highest BCUT2D eigenvalue weighted by atomic mass is 16.7. The molecule has 1 spiro atoms. The maximum atomic E-state index is 12.1. The number of ether oxygens (including phenoxy) is 2. The second-order valence-electron chi connectivity index (χ2n) is 6.42. The molecule has 1 amide bonds. The van der Waals surface area contributed by atoms with Gasteiger partial charge in [-0.3, -0.25) is 4.79 Å². The van der Waals surface area contributed by atoms with E-state index < -0.39 is 0 Å². The van der Waals surface area contributed by atoms with E-state index in [0.717, 1.165) is 32.5 Å². The normalized spacial score (nSPS) is 23.0. The van der Waals surface area contributed by atoms with Crippen LogP contribution in [0.25, 0.3) is 0 Å². The lowest BCUT2D eigenvalue weighted by Gasteiger charge is -2.37. The molecule has 2 aliphatic heterocycles. The van der Waals surface area contributed by atoms with Gasteiger partial charge in [0.05, 0.1) is 13.2 Å². The molecule has 0 bridgehead atoms. The zero-order valence-electron chi connectivity index (χ0n) is 12.3. The predicted octanol–water partition coefficient (Wildman–Crippen LogP) is 1.13. The summed E-state index contributed by atoms with van der Waals surface area (Å²) in [6.45, 7) is 9.91. The Labute approximate surface area is 115 Å². The number of rotatable bonds is 3.